The molecule has 0 spiro atoms. The van der Waals surface area contributed by atoms with E-state index in [4.69, 9.17) is 14.2 Å². The highest BCUT2D eigenvalue weighted by Crippen LogP contribution is 2.38. The average Bonchev–Trinajstić information content (AvgIpc) is 3.30. The van der Waals surface area contributed by atoms with Gasteiger partial charge in [0, 0.05) is 55.3 Å². The molecule has 8 heteroatoms. The quantitative estimate of drug-likeness (QED) is 0.551. The van der Waals surface area contributed by atoms with Gasteiger partial charge < -0.3 is 29.0 Å². The number of ether oxygens (including phenoxy) is 3. The largest absolute Gasteiger partial charge is 0.493 e. The number of fused-ring (bicyclic) bond motifs is 1. The Bertz CT molecular complexity index is 1140. The van der Waals surface area contributed by atoms with E-state index in [-0.39, 0.29) is 11.8 Å². The summed E-state index contributed by atoms with van der Waals surface area (Å²) in [6, 6.07) is 11.5. The number of carbonyl (C=O) groups is 2. The minimum absolute atomic E-state index is 0.120. The van der Waals surface area contributed by atoms with Gasteiger partial charge in [0.25, 0.3) is 5.91 Å². The molecule has 0 radical (unpaired) electrons. The third kappa shape index (κ3) is 4.81. The van der Waals surface area contributed by atoms with E-state index in [2.05, 4.69) is 17.1 Å². The highest BCUT2D eigenvalue weighted by Gasteiger charge is 2.26. The second-order valence-corrected chi connectivity index (χ2v) is 8.30. The number of carbonyl (C=O) groups excluding carboxylic acids is 2. The van der Waals surface area contributed by atoms with Gasteiger partial charge in [-0.25, -0.2) is 0 Å². The number of hydrogen-bond donors (Lipinski definition) is 1. The van der Waals surface area contributed by atoms with Gasteiger partial charge in [0.15, 0.2) is 11.5 Å². The molecule has 0 bridgehead atoms. The zero-order chi connectivity index (χ0) is 24.1. The van der Waals surface area contributed by atoms with E-state index < -0.39 is 0 Å². The lowest BCUT2D eigenvalue weighted by atomic mass is 10.1. The van der Waals surface area contributed by atoms with Crippen molar-refractivity contribution in [2.75, 3.05) is 47.5 Å². The Morgan fingerprint density at radius 3 is 2.21 bits per heavy atom. The van der Waals surface area contributed by atoms with Crippen molar-refractivity contribution in [3.8, 4) is 17.2 Å². The van der Waals surface area contributed by atoms with Gasteiger partial charge in [0.2, 0.25) is 11.7 Å². The molecule has 0 aliphatic carbocycles. The maximum Gasteiger partial charge on any atom is 0.254 e. The first kappa shape index (κ1) is 23.5. The molecule has 1 saturated heterocycles. The van der Waals surface area contributed by atoms with Gasteiger partial charge in [0.1, 0.15) is 0 Å². The monoisotopic (exact) mass is 465 g/mol. The van der Waals surface area contributed by atoms with Crippen LogP contribution in [-0.2, 0) is 11.2 Å². The first-order valence-corrected chi connectivity index (χ1v) is 11.5. The fourth-order valence-corrected chi connectivity index (χ4v) is 4.47. The number of para-hydroxylation sites is 1. The summed E-state index contributed by atoms with van der Waals surface area (Å²) in [5.74, 6) is 1.35. The highest BCUT2D eigenvalue weighted by atomic mass is 16.5. The van der Waals surface area contributed by atoms with E-state index in [0.717, 1.165) is 18.4 Å². The Balaban J connectivity index is 1.30. The van der Waals surface area contributed by atoms with Crippen LogP contribution in [0, 0.1) is 0 Å². The fraction of sp³-hybridized carbons (Fsp3) is 0.385. The molecule has 34 heavy (non-hydrogen) atoms. The minimum atomic E-state index is -0.120. The van der Waals surface area contributed by atoms with Crippen molar-refractivity contribution < 1.29 is 23.8 Å². The number of aromatic amines is 1. The van der Waals surface area contributed by atoms with Crippen molar-refractivity contribution in [3.05, 3.63) is 53.7 Å². The van der Waals surface area contributed by atoms with Crippen LogP contribution in [0.15, 0.2) is 42.6 Å². The normalized spacial score (nSPS) is 13.7. The zero-order valence-corrected chi connectivity index (χ0v) is 19.9. The Hall–Kier alpha value is -3.68. The molecular formula is C26H31N3O5. The number of amides is 2. The summed E-state index contributed by atoms with van der Waals surface area (Å²) in [7, 11) is 4.57. The van der Waals surface area contributed by atoms with E-state index in [1.54, 1.807) is 17.0 Å². The Morgan fingerprint density at radius 2 is 1.56 bits per heavy atom. The molecule has 1 aromatic heterocycles. The van der Waals surface area contributed by atoms with Gasteiger partial charge in [-0.1, -0.05) is 18.2 Å². The molecule has 2 heterocycles. The summed E-state index contributed by atoms with van der Waals surface area (Å²) < 4.78 is 16.1. The number of nitrogens with one attached hydrogen (secondary N) is 1. The van der Waals surface area contributed by atoms with E-state index >= 15 is 0 Å². The van der Waals surface area contributed by atoms with Crippen LogP contribution in [0.1, 0.15) is 28.8 Å². The first-order chi connectivity index (χ1) is 16.5. The molecule has 8 nitrogen and oxygen atoms in total. The van der Waals surface area contributed by atoms with Crippen LogP contribution >= 0.6 is 0 Å². The van der Waals surface area contributed by atoms with Crippen LogP contribution < -0.4 is 14.2 Å². The van der Waals surface area contributed by atoms with Crippen molar-refractivity contribution >= 4 is 22.7 Å². The van der Waals surface area contributed by atoms with E-state index in [9.17, 15) is 9.59 Å². The van der Waals surface area contributed by atoms with E-state index in [0.29, 0.717) is 55.4 Å². The lowest BCUT2D eigenvalue weighted by Gasteiger charge is -2.35. The lowest BCUT2D eigenvalue weighted by Crippen LogP contribution is -2.50. The number of rotatable bonds is 8. The summed E-state index contributed by atoms with van der Waals surface area (Å²) >= 11 is 0. The number of methoxy groups -OCH3 is 3. The Kier molecular flexibility index (Phi) is 7.25. The molecular weight excluding hydrogens is 434 g/mol. The van der Waals surface area contributed by atoms with Crippen LogP contribution in [0.25, 0.3) is 10.9 Å². The van der Waals surface area contributed by atoms with Crippen LogP contribution in [0.4, 0.5) is 0 Å². The van der Waals surface area contributed by atoms with Crippen molar-refractivity contribution in [2.24, 2.45) is 0 Å². The molecule has 3 aromatic rings. The van der Waals surface area contributed by atoms with Gasteiger partial charge in [-0.3, -0.25) is 9.59 Å². The first-order valence-electron chi connectivity index (χ1n) is 11.5. The summed E-state index contributed by atoms with van der Waals surface area (Å²) in [5, 5.41) is 1.22. The molecule has 4 rings (SSSR count). The molecule has 1 fully saturated rings. The molecule has 0 atom stereocenters. The maximum atomic E-state index is 13.1. The standard InChI is InChI=1S/C26H31N3O5/c1-32-22-15-19(16-23(33-2)25(22)34-3)26(31)29-13-11-28(12-14-29)24(30)10-6-7-18-17-27-21-9-5-4-8-20(18)21/h4-5,8-9,15-17,27H,6-7,10-14H2,1-3H3. The smallest absolute Gasteiger partial charge is 0.254 e. The van der Waals surface area contributed by atoms with Gasteiger partial charge in [0.05, 0.1) is 21.3 Å². The number of piperazine rings is 1. The van der Waals surface area contributed by atoms with Gasteiger partial charge in [-0.2, -0.15) is 0 Å². The molecule has 1 aliphatic rings. The minimum Gasteiger partial charge on any atom is -0.493 e. The summed E-state index contributed by atoms with van der Waals surface area (Å²) in [4.78, 5) is 32.7. The fourth-order valence-electron chi connectivity index (χ4n) is 4.47. The summed E-state index contributed by atoms with van der Waals surface area (Å²) in [6.07, 6.45) is 4.18. The van der Waals surface area contributed by atoms with E-state index in [1.165, 1.54) is 32.3 Å². The van der Waals surface area contributed by atoms with Crippen molar-refractivity contribution in [1.29, 1.82) is 0 Å². The molecule has 1 N–H and O–H groups in total. The third-order valence-electron chi connectivity index (χ3n) is 6.34. The van der Waals surface area contributed by atoms with Gasteiger partial charge in [-0.15, -0.1) is 0 Å². The number of aryl methyl sites for hydroxylation is 1. The lowest BCUT2D eigenvalue weighted by molar-refractivity contribution is -0.132. The topological polar surface area (TPSA) is 84.1 Å². The average molecular weight is 466 g/mol. The molecule has 0 unspecified atom stereocenters. The molecule has 0 saturated carbocycles. The predicted octanol–water partition coefficient (Wildman–Crippen LogP) is 3.50. The summed E-state index contributed by atoms with van der Waals surface area (Å²) in [6.45, 7) is 2.04. The second-order valence-electron chi connectivity index (χ2n) is 8.30. The zero-order valence-electron chi connectivity index (χ0n) is 19.9. The van der Waals surface area contributed by atoms with Crippen LogP contribution in [0.2, 0.25) is 0 Å². The van der Waals surface area contributed by atoms with Crippen LogP contribution in [-0.4, -0.2) is 74.1 Å². The highest BCUT2D eigenvalue weighted by molar-refractivity contribution is 5.96. The molecule has 2 aromatic carbocycles. The number of H-pyrrole nitrogens is 1. The van der Waals surface area contributed by atoms with Gasteiger partial charge in [-0.05, 0) is 36.6 Å². The number of nitrogens with zero attached hydrogens (tertiary/aromatic N) is 2. The van der Waals surface area contributed by atoms with Crippen LogP contribution in [0.5, 0.6) is 17.2 Å². The Labute approximate surface area is 199 Å². The van der Waals surface area contributed by atoms with Crippen molar-refractivity contribution in [2.45, 2.75) is 19.3 Å². The predicted molar refractivity (Wildman–Crippen MR) is 130 cm³/mol. The summed E-state index contributed by atoms with van der Waals surface area (Å²) in [5.41, 5.74) is 2.83. The molecule has 180 valence electrons. The van der Waals surface area contributed by atoms with Crippen molar-refractivity contribution in [1.82, 2.24) is 14.8 Å². The van der Waals surface area contributed by atoms with E-state index in [1.807, 2.05) is 23.2 Å². The molecule has 1 aliphatic heterocycles. The SMILES string of the molecule is COc1cc(C(=O)N2CCN(C(=O)CCCc3c[nH]c4ccccc34)CC2)cc(OC)c1OC. The van der Waals surface area contributed by atoms with Gasteiger partial charge >= 0.3 is 0 Å². The maximum absolute atomic E-state index is 13.1. The number of benzene rings is 2. The number of aromatic nitrogens is 1. The molecule has 2 amide bonds. The number of hydrogen-bond acceptors (Lipinski definition) is 5. The Morgan fingerprint density at radius 1 is 0.912 bits per heavy atom. The second kappa shape index (κ2) is 10.5. The third-order valence-corrected chi connectivity index (χ3v) is 6.34. The van der Waals surface area contributed by atoms with Crippen molar-refractivity contribution in [3.63, 3.8) is 0 Å². The van der Waals surface area contributed by atoms with Crippen LogP contribution in [0.3, 0.4) is 0 Å².